The molecule has 2 aromatic carbocycles. The number of halogens is 3. The highest BCUT2D eigenvalue weighted by molar-refractivity contribution is 9.10. The first-order chi connectivity index (χ1) is 17.0. The molecule has 36 heavy (non-hydrogen) atoms. The molecule has 196 valence electrons. The van der Waals surface area contributed by atoms with Gasteiger partial charge >= 0.3 is 0 Å². The van der Waals surface area contributed by atoms with Gasteiger partial charge in [0.25, 0.3) is 0 Å². The van der Waals surface area contributed by atoms with Crippen molar-refractivity contribution in [1.82, 2.24) is 10.2 Å². The van der Waals surface area contributed by atoms with Gasteiger partial charge in [0.2, 0.25) is 21.8 Å². The quantitative estimate of drug-likeness (QED) is 0.444. The molecule has 2 aromatic rings. The Labute approximate surface area is 225 Å². The van der Waals surface area contributed by atoms with Gasteiger partial charge in [-0.05, 0) is 55.7 Å². The highest BCUT2D eigenvalue weighted by Gasteiger charge is 2.31. The van der Waals surface area contributed by atoms with Crippen molar-refractivity contribution < 1.29 is 22.4 Å². The molecule has 1 unspecified atom stereocenters. The topological polar surface area (TPSA) is 86.8 Å². The second-order valence-electron chi connectivity index (χ2n) is 9.04. The monoisotopic (exact) mass is 601 g/mol. The number of nitrogens with zero attached hydrogens (tertiary/aromatic N) is 2. The van der Waals surface area contributed by atoms with Gasteiger partial charge in [-0.3, -0.25) is 13.9 Å². The minimum Gasteiger partial charge on any atom is -0.352 e. The molecule has 7 nitrogen and oxygen atoms in total. The predicted molar refractivity (Wildman–Crippen MR) is 143 cm³/mol. The summed E-state index contributed by atoms with van der Waals surface area (Å²) in [7, 11) is -3.93. The van der Waals surface area contributed by atoms with E-state index in [-0.39, 0.29) is 29.2 Å². The Morgan fingerprint density at radius 2 is 1.78 bits per heavy atom. The zero-order valence-electron chi connectivity index (χ0n) is 20.2. The highest BCUT2D eigenvalue weighted by Crippen LogP contribution is 2.25. The van der Waals surface area contributed by atoms with Gasteiger partial charge in [-0.1, -0.05) is 58.9 Å². The number of rotatable bonds is 9. The second kappa shape index (κ2) is 12.4. The van der Waals surface area contributed by atoms with Crippen LogP contribution in [0.5, 0.6) is 0 Å². The minimum absolute atomic E-state index is 0.0557. The van der Waals surface area contributed by atoms with Gasteiger partial charge in [-0.2, -0.15) is 0 Å². The Kier molecular flexibility index (Phi) is 9.77. The number of amides is 2. The van der Waals surface area contributed by atoms with Gasteiger partial charge in [0, 0.05) is 17.1 Å². The fourth-order valence-electron chi connectivity index (χ4n) is 4.19. The average Bonchev–Trinajstić information content (AvgIpc) is 2.83. The maximum Gasteiger partial charge on any atom is 0.244 e. The van der Waals surface area contributed by atoms with Crippen LogP contribution < -0.4 is 9.62 Å². The maximum absolute atomic E-state index is 13.7. The Bertz CT molecular complexity index is 1190. The summed E-state index contributed by atoms with van der Waals surface area (Å²) in [5.41, 5.74) is 0.833. The van der Waals surface area contributed by atoms with E-state index in [4.69, 9.17) is 11.6 Å². The van der Waals surface area contributed by atoms with Crippen molar-refractivity contribution in [3.63, 3.8) is 0 Å². The molecule has 1 N–H and O–H groups in total. The van der Waals surface area contributed by atoms with Gasteiger partial charge in [0.05, 0.1) is 17.0 Å². The first-order valence-electron chi connectivity index (χ1n) is 11.7. The molecule has 0 saturated heterocycles. The number of hydrogen-bond acceptors (Lipinski definition) is 4. The molecule has 1 atom stereocenters. The van der Waals surface area contributed by atoms with Gasteiger partial charge in [0.15, 0.2) is 0 Å². The van der Waals surface area contributed by atoms with E-state index in [0.717, 1.165) is 64.8 Å². The standard InChI is InChI=1S/C25H30BrClFN3O4S/c1-17(25(33)29-20-6-4-3-5-7-20)30(15-18-8-10-19(26)11-9-18)24(32)16-31(36(2,34)35)21-12-13-23(28)22(27)14-21/h8-14,17,20H,3-7,15-16H2,1-2H3,(H,29,33). The van der Waals surface area contributed by atoms with E-state index < -0.39 is 34.3 Å². The normalized spacial score (nSPS) is 15.2. The third-order valence-corrected chi connectivity index (χ3v) is 8.21. The van der Waals surface area contributed by atoms with E-state index in [1.165, 1.54) is 11.0 Å². The van der Waals surface area contributed by atoms with Crippen LogP contribution in [-0.4, -0.2) is 50.0 Å². The Hall–Kier alpha value is -2.17. The lowest BCUT2D eigenvalue weighted by atomic mass is 9.95. The molecule has 0 radical (unpaired) electrons. The molecule has 0 spiro atoms. The number of hydrogen-bond donors (Lipinski definition) is 1. The summed E-state index contributed by atoms with van der Waals surface area (Å²) >= 11 is 9.25. The molecule has 1 aliphatic rings. The van der Waals surface area contributed by atoms with Crippen LogP contribution in [-0.2, 0) is 26.2 Å². The molecule has 1 aliphatic carbocycles. The second-order valence-corrected chi connectivity index (χ2v) is 12.3. The molecule has 1 fully saturated rings. The highest BCUT2D eigenvalue weighted by atomic mass is 79.9. The zero-order valence-corrected chi connectivity index (χ0v) is 23.4. The third-order valence-electron chi connectivity index (χ3n) is 6.26. The van der Waals surface area contributed by atoms with Crippen molar-refractivity contribution in [2.24, 2.45) is 0 Å². The average molecular weight is 603 g/mol. The minimum atomic E-state index is -3.93. The number of anilines is 1. The Balaban J connectivity index is 1.87. The van der Waals surface area contributed by atoms with Crippen LogP contribution in [0.1, 0.15) is 44.6 Å². The Morgan fingerprint density at radius 1 is 1.14 bits per heavy atom. The molecule has 0 heterocycles. The fourth-order valence-corrected chi connectivity index (χ4v) is 5.47. The largest absolute Gasteiger partial charge is 0.352 e. The van der Waals surface area contributed by atoms with Crippen molar-refractivity contribution in [3.05, 3.63) is 63.3 Å². The van der Waals surface area contributed by atoms with Crippen molar-refractivity contribution >= 4 is 55.1 Å². The summed E-state index contributed by atoms with van der Waals surface area (Å²) in [6.07, 6.45) is 5.98. The first-order valence-corrected chi connectivity index (χ1v) is 14.7. The molecular weight excluding hydrogens is 573 g/mol. The number of carbonyl (C=O) groups is 2. The summed E-state index contributed by atoms with van der Waals surface area (Å²) < 4.78 is 40.6. The van der Waals surface area contributed by atoms with E-state index in [1.807, 2.05) is 24.3 Å². The molecule has 3 rings (SSSR count). The van der Waals surface area contributed by atoms with E-state index in [1.54, 1.807) is 6.92 Å². The van der Waals surface area contributed by atoms with E-state index in [9.17, 15) is 22.4 Å². The number of sulfonamides is 1. The molecule has 2 amide bonds. The first kappa shape index (κ1) is 28.4. The van der Waals surface area contributed by atoms with Crippen molar-refractivity contribution in [3.8, 4) is 0 Å². The van der Waals surface area contributed by atoms with Gasteiger partial charge < -0.3 is 10.2 Å². The van der Waals surface area contributed by atoms with Crippen LogP contribution >= 0.6 is 27.5 Å². The van der Waals surface area contributed by atoms with Gasteiger partial charge in [0.1, 0.15) is 18.4 Å². The van der Waals surface area contributed by atoms with Crippen LogP contribution in [0.15, 0.2) is 46.9 Å². The lowest BCUT2D eigenvalue weighted by Crippen LogP contribution is -2.52. The molecule has 0 aliphatic heterocycles. The van der Waals surface area contributed by atoms with Gasteiger partial charge in [-0.15, -0.1) is 0 Å². The van der Waals surface area contributed by atoms with Gasteiger partial charge in [-0.25, -0.2) is 12.8 Å². The van der Waals surface area contributed by atoms with Crippen molar-refractivity contribution in [2.45, 2.75) is 57.7 Å². The molecular formula is C25H30BrClFN3O4S. The summed E-state index contributed by atoms with van der Waals surface area (Å²) in [5.74, 6) is -1.57. The summed E-state index contributed by atoms with van der Waals surface area (Å²) in [6, 6.07) is 9.96. The fraction of sp³-hybridized carbons (Fsp3) is 0.440. The summed E-state index contributed by atoms with van der Waals surface area (Å²) in [5, 5.41) is 2.78. The van der Waals surface area contributed by atoms with Crippen LogP contribution in [0.2, 0.25) is 5.02 Å². The van der Waals surface area contributed by atoms with Crippen LogP contribution in [0, 0.1) is 5.82 Å². The Morgan fingerprint density at radius 3 is 2.36 bits per heavy atom. The third kappa shape index (κ3) is 7.66. The molecule has 1 saturated carbocycles. The summed E-state index contributed by atoms with van der Waals surface area (Å²) in [6.45, 7) is 1.17. The lowest BCUT2D eigenvalue weighted by molar-refractivity contribution is -0.139. The van der Waals surface area contributed by atoms with Crippen molar-refractivity contribution in [1.29, 1.82) is 0 Å². The molecule has 11 heteroatoms. The maximum atomic E-state index is 13.7. The number of nitrogens with one attached hydrogen (secondary N) is 1. The zero-order chi connectivity index (χ0) is 26.5. The van der Waals surface area contributed by atoms with Crippen LogP contribution in [0.4, 0.5) is 10.1 Å². The van der Waals surface area contributed by atoms with E-state index in [0.29, 0.717) is 0 Å². The predicted octanol–water partition coefficient (Wildman–Crippen LogP) is 4.87. The van der Waals surface area contributed by atoms with E-state index in [2.05, 4.69) is 21.2 Å². The molecule has 0 aromatic heterocycles. The summed E-state index contributed by atoms with van der Waals surface area (Å²) in [4.78, 5) is 28.1. The van der Waals surface area contributed by atoms with Crippen LogP contribution in [0.25, 0.3) is 0 Å². The number of benzene rings is 2. The lowest BCUT2D eigenvalue weighted by Gasteiger charge is -2.33. The van der Waals surface area contributed by atoms with Crippen LogP contribution in [0.3, 0.4) is 0 Å². The van der Waals surface area contributed by atoms with Crippen molar-refractivity contribution in [2.75, 3.05) is 17.1 Å². The number of carbonyl (C=O) groups excluding carboxylic acids is 2. The SMILES string of the molecule is CC(C(=O)NC1CCCCC1)N(Cc1ccc(Br)cc1)C(=O)CN(c1ccc(F)c(Cl)c1)S(C)(=O)=O. The molecule has 0 bridgehead atoms. The smallest absolute Gasteiger partial charge is 0.244 e. The van der Waals surface area contributed by atoms with E-state index >= 15 is 0 Å².